The number of aromatic nitrogens is 1. The molecule has 1 heterocycles. The molecule has 0 saturated carbocycles. The molecule has 0 aliphatic carbocycles. The van der Waals surface area contributed by atoms with Gasteiger partial charge in [-0.05, 0) is 0 Å². The lowest BCUT2D eigenvalue weighted by Gasteiger charge is -2.05. The van der Waals surface area contributed by atoms with Crippen molar-refractivity contribution >= 4 is 5.69 Å². The summed E-state index contributed by atoms with van der Waals surface area (Å²) in [5, 5.41) is 10.4. The number of nitrogens with zero attached hydrogens (tertiary/aromatic N) is 2. The fourth-order valence-corrected chi connectivity index (χ4v) is 0.994. The highest BCUT2D eigenvalue weighted by Crippen LogP contribution is 2.35. The number of rotatable bonds is 3. The molecule has 15 heavy (non-hydrogen) atoms. The summed E-state index contributed by atoms with van der Waals surface area (Å²) in [4.78, 5) is 12.1. The van der Waals surface area contributed by atoms with E-state index in [1.807, 2.05) is 0 Å². The summed E-state index contributed by atoms with van der Waals surface area (Å²) in [6.45, 7) is 0. The Hall–Kier alpha value is -1.86. The van der Waals surface area contributed by atoms with Gasteiger partial charge in [0.05, 0.1) is 12.0 Å². The van der Waals surface area contributed by atoms with Gasteiger partial charge in [-0.15, -0.1) is 0 Å². The van der Waals surface area contributed by atoms with Crippen LogP contribution in [0.15, 0.2) is 6.07 Å². The van der Waals surface area contributed by atoms with Crippen LogP contribution in [0.25, 0.3) is 0 Å². The molecule has 1 aromatic rings. The van der Waals surface area contributed by atoms with Crippen LogP contribution in [-0.4, -0.2) is 17.0 Å². The van der Waals surface area contributed by atoms with Crippen molar-refractivity contribution in [3.05, 3.63) is 27.8 Å². The lowest BCUT2D eigenvalue weighted by molar-refractivity contribution is -0.387. The van der Waals surface area contributed by atoms with Crippen molar-refractivity contribution in [2.45, 2.75) is 6.43 Å². The number of halogens is 3. The molecule has 0 atom stereocenters. The molecule has 1 aromatic heterocycles. The van der Waals surface area contributed by atoms with E-state index >= 15 is 0 Å². The summed E-state index contributed by atoms with van der Waals surface area (Å²) >= 11 is 0. The van der Waals surface area contributed by atoms with E-state index in [0.29, 0.717) is 6.07 Å². The fraction of sp³-hybridized carbons (Fsp3) is 0.286. The largest absolute Gasteiger partial charge is 0.490 e. The molecule has 8 heteroatoms. The first-order valence-electron chi connectivity index (χ1n) is 3.64. The predicted molar refractivity (Wildman–Crippen MR) is 42.4 cm³/mol. The van der Waals surface area contributed by atoms with Gasteiger partial charge in [-0.3, -0.25) is 10.1 Å². The number of alkyl halides is 2. The van der Waals surface area contributed by atoms with Gasteiger partial charge >= 0.3 is 5.69 Å². The van der Waals surface area contributed by atoms with Gasteiger partial charge in [-0.25, -0.2) is 13.8 Å². The molecule has 5 nitrogen and oxygen atoms in total. The van der Waals surface area contributed by atoms with Crippen LogP contribution in [0.2, 0.25) is 0 Å². The second-order valence-electron chi connectivity index (χ2n) is 2.44. The average molecular weight is 222 g/mol. The summed E-state index contributed by atoms with van der Waals surface area (Å²) in [6.07, 6.45) is -3.24. The minimum atomic E-state index is -3.24. The van der Waals surface area contributed by atoms with Crippen molar-refractivity contribution in [3.8, 4) is 5.75 Å². The van der Waals surface area contributed by atoms with Crippen molar-refractivity contribution in [2.75, 3.05) is 7.11 Å². The quantitative estimate of drug-likeness (QED) is 0.446. The maximum Gasteiger partial charge on any atom is 0.338 e. The average Bonchev–Trinajstić information content (AvgIpc) is 2.15. The molecule has 0 N–H and O–H groups in total. The smallest absolute Gasteiger partial charge is 0.338 e. The van der Waals surface area contributed by atoms with Gasteiger partial charge in [0.1, 0.15) is 0 Å². The van der Waals surface area contributed by atoms with E-state index in [1.165, 1.54) is 0 Å². The predicted octanol–water partition coefficient (Wildman–Crippen LogP) is 2.08. The molecule has 0 bridgehead atoms. The van der Waals surface area contributed by atoms with E-state index in [9.17, 15) is 23.3 Å². The maximum absolute atomic E-state index is 12.7. The zero-order valence-electron chi connectivity index (χ0n) is 7.41. The second kappa shape index (κ2) is 4.11. The lowest BCUT2D eigenvalue weighted by Crippen LogP contribution is -2.04. The molecule has 0 aromatic carbocycles. The topological polar surface area (TPSA) is 65.3 Å². The first-order chi connectivity index (χ1) is 6.97. The number of pyridine rings is 1. The molecule has 0 fully saturated rings. The van der Waals surface area contributed by atoms with E-state index in [-0.39, 0.29) is 0 Å². The van der Waals surface area contributed by atoms with Crippen molar-refractivity contribution in [3.63, 3.8) is 0 Å². The SMILES string of the molecule is COc1cc(F)nc(C(F)F)c1[N+](=O)[O-]. The molecular formula is C7H5F3N2O3. The number of nitro groups is 1. The van der Waals surface area contributed by atoms with Gasteiger partial charge < -0.3 is 4.74 Å². The first kappa shape index (κ1) is 11.2. The van der Waals surface area contributed by atoms with Crippen molar-refractivity contribution in [1.82, 2.24) is 4.98 Å². The van der Waals surface area contributed by atoms with Crippen LogP contribution in [0.3, 0.4) is 0 Å². The highest BCUT2D eigenvalue weighted by molar-refractivity contribution is 5.49. The summed E-state index contributed by atoms with van der Waals surface area (Å²) in [5.41, 5.74) is -2.26. The Balaban J connectivity index is 3.47. The minimum absolute atomic E-state index is 0.573. The Morgan fingerprint density at radius 1 is 1.60 bits per heavy atom. The Morgan fingerprint density at radius 2 is 2.20 bits per heavy atom. The Bertz CT molecular complexity index is 397. The monoisotopic (exact) mass is 222 g/mol. The van der Waals surface area contributed by atoms with Crippen LogP contribution in [-0.2, 0) is 0 Å². The van der Waals surface area contributed by atoms with Gasteiger partial charge in [0.25, 0.3) is 6.43 Å². The Kier molecular flexibility index (Phi) is 3.08. The molecule has 0 amide bonds. The van der Waals surface area contributed by atoms with Crippen LogP contribution in [0.5, 0.6) is 5.75 Å². The highest BCUT2D eigenvalue weighted by Gasteiger charge is 2.29. The van der Waals surface area contributed by atoms with Crippen molar-refractivity contribution < 1.29 is 22.8 Å². The highest BCUT2D eigenvalue weighted by atomic mass is 19.3. The Labute approximate surface area is 81.6 Å². The molecule has 0 unspecified atom stereocenters. The second-order valence-corrected chi connectivity index (χ2v) is 2.44. The number of ether oxygens (including phenoxy) is 1. The third-order valence-corrected chi connectivity index (χ3v) is 1.56. The Morgan fingerprint density at radius 3 is 2.60 bits per heavy atom. The molecule has 1 rings (SSSR count). The van der Waals surface area contributed by atoms with E-state index < -0.39 is 34.4 Å². The molecular weight excluding hydrogens is 217 g/mol. The van der Waals surface area contributed by atoms with Crippen LogP contribution < -0.4 is 4.74 Å². The van der Waals surface area contributed by atoms with Crippen molar-refractivity contribution in [2.24, 2.45) is 0 Å². The maximum atomic E-state index is 12.7. The number of hydrogen-bond acceptors (Lipinski definition) is 4. The summed E-state index contributed by atoms with van der Waals surface area (Å²) < 4.78 is 41.7. The van der Waals surface area contributed by atoms with Gasteiger partial charge in [0.15, 0.2) is 5.69 Å². The van der Waals surface area contributed by atoms with E-state index in [1.54, 1.807) is 0 Å². The summed E-state index contributed by atoms with van der Waals surface area (Å²) in [5.74, 6) is -1.84. The molecule has 0 aliphatic rings. The molecule has 82 valence electrons. The third kappa shape index (κ3) is 2.14. The van der Waals surface area contributed by atoms with Crippen LogP contribution in [0.4, 0.5) is 18.9 Å². The number of methoxy groups -OCH3 is 1. The molecule has 0 aliphatic heterocycles. The number of hydrogen-bond donors (Lipinski definition) is 0. The van der Waals surface area contributed by atoms with Gasteiger partial charge in [0, 0.05) is 6.07 Å². The van der Waals surface area contributed by atoms with Gasteiger partial charge in [-0.1, -0.05) is 0 Å². The summed E-state index contributed by atoms with van der Waals surface area (Å²) in [6, 6.07) is 0.573. The zero-order valence-corrected chi connectivity index (χ0v) is 7.41. The van der Waals surface area contributed by atoms with Crippen molar-refractivity contribution in [1.29, 1.82) is 0 Å². The van der Waals surface area contributed by atoms with Crippen LogP contribution in [0, 0.1) is 16.1 Å². The van der Waals surface area contributed by atoms with E-state index in [2.05, 4.69) is 9.72 Å². The molecule has 0 radical (unpaired) electrons. The normalized spacial score (nSPS) is 10.5. The fourth-order valence-electron chi connectivity index (χ4n) is 0.994. The first-order valence-corrected chi connectivity index (χ1v) is 3.64. The molecule has 0 spiro atoms. The lowest BCUT2D eigenvalue weighted by atomic mass is 10.3. The van der Waals surface area contributed by atoms with E-state index in [4.69, 9.17) is 0 Å². The zero-order chi connectivity index (χ0) is 11.6. The van der Waals surface area contributed by atoms with E-state index in [0.717, 1.165) is 7.11 Å². The third-order valence-electron chi connectivity index (χ3n) is 1.56. The standard InChI is InChI=1S/C7H5F3N2O3/c1-15-3-2-4(8)11-5(7(9)10)6(3)12(13)14/h2,7H,1H3. The van der Waals surface area contributed by atoms with Crippen LogP contribution >= 0.6 is 0 Å². The van der Waals surface area contributed by atoms with Gasteiger partial charge in [0.2, 0.25) is 11.7 Å². The molecule has 0 saturated heterocycles. The van der Waals surface area contributed by atoms with Gasteiger partial charge in [-0.2, -0.15) is 4.39 Å². The van der Waals surface area contributed by atoms with Crippen LogP contribution in [0.1, 0.15) is 12.1 Å². The minimum Gasteiger partial charge on any atom is -0.490 e. The summed E-state index contributed by atoms with van der Waals surface area (Å²) in [7, 11) is 1.01.